The van der Waals surface area contributed by atoms with Crippen LogP contribution in [0, 0.1) is 6.92 Å². The van der Waals surface area contributed by atoms with Gasteiger partial charge in [0, 0.05) is 35.2 Å². The Labute approximate surface area is 185 Å². The van der Waals surface area contributed by atoms with Gasteiger partial charge in [0.05, 0.1) is 11.1 Å². The Kier molecular flexibility index (Phi) is 5.43. The van der Waals surface area contributed by atoms with Crippen molar-refractivity contribution in [2.75, 3.05) is 11.1 Å². The first kappa shape index (κ1) is 21.5. The highest BCUT2D eigenvalue weighted by Crippen LogP contribution is 2.32. The van der Waals surface area contributed by atoms with E-state index in [-0.39, 0.29) is 16.5 Å². The highest BCUT2D eigenvalue weighted by atomic mass is 35.5. The Morgan fingerprint density at radius 2 is 1.84 bits per heavy atom. The maximum Gasteiger partial charge on any atom is 0.416 e. The van der Waals surface area contributed by atoms with Gasteiger partial charge in [-0.05, 0) is 48.4 Å². The third-order valence-electron chi connectivity index (χ3n) is 4.82. The molecule has 0 aliphatic carbocycles. The van der Waals surface area contributed by atoms with Crippen LogP contribution in [0.15, 0.2) is 55.0 Å². The van der Waals surface area contributed by atoms with Gasteiger partial charge in [0.15, 0.2) is 0 Å². The van der Waals surface area contributed by atoms with Crippen molar-refractivity contribution in [1.29, 1.82) is 0 Å². The molecule has 0 unspecified atom stereocenters. The van der Waals surface area contributed by atoms with E-state index < -0.39 is 17.6 Å². The second kappa shape index (κ2) is 8.08. The molecule has 1 aromatic carbocycles. The minimum atomic E-state index is -4.57. The molecule has 3 heterocycles. The number of fused-ring (bicyclic) bond motifs is 1. The molecule has 3 N–H and O–H groups in total. The zero-order valence-electron chi connectivity index (χ0n) is 16.5. The van der Waals surface area contributed by atoms with E-state index in [0.717, 1.165) is 29.0 Å². The van der Waals surface area contributed by atoms with Crippen LogP contribution in [0.4, 0.5) is 24.7 Å². The lowest BCUT2D eigenvalue weighted by Gasteiger charge is -2.12. The van der Waals surface area contributed by atoms with Gasteiger partial charge in [-0.2, -0.15) is 13.2 Å². The van der Waals surface area contributed by atoms with E-state index in [1.54, 1.807) is 30.6 Å². The summed E-state index contributed by atoms with van der Waals surface area (Å²) in [6.45, 7) is 1.88. The summed E-state index contributed by atoms with van der Waals surface area (Å²) in [4.78, 5) is 24.6. The summed E-state index contributed by atoms with van der Waals surface area (Å²) in [5.74, 6) is -0.572. The molecular formula is C22H15ClF3N5O. The molecule has 0 aliphatic rings. The van der Waals surface area contributed by atoms with Crippen LogP contribution in [0.25, 0.3) is 22.0 Å². The molecule has 4 aromatic rings. The Bertz CT molecular complexity index is 1360. The zero-order valence-corrected chi connectivity index (χ0v) is 17.3. The third kappa shape index (κ3) is 4.19. The summed E-state index contributed by atoms with van der Waals surface area (Å²) in [7, 11) is 0. The molecule has 0 radical (unpaired) electrons. The molecule has 162 valence electrons. The van der Waals surface area contributed by atoms with Crippen LogP contribution < -0.4 is 11.1 Å². The van der Waals surface area contributed by atoms with Gasteiger partial charge in [0.2, 0.25) is 0 Å². The molecule has 0 aliphatic heterocycles. The van der Waals surface area contributed by atoms with E-state index in [1.165, 1.54) is 0 Å². The number of halogens is 4. The molecule has 0 atom stereocenters. The van der Waals surface area contributed by atoms with Crippen LogP contribution in [0.1, 0.15) is 21.6 Å². The quantitative estimate of drug-likeness (QED) is 0.423. The van der Waals surface area contributed by atoms with Gasteiger partial charge in [-0.25, -0.2) is 4.98 Å². The van der Waals surface area contributed by atoms with E-state index in [9.17, 15) is 18.0 Å². The number of carbonyl (C=O) groups is 1. The van der Waals surface area contributed by atoms with E-state index >= 15 is 0 Å². The molecule has 4 rings (SSSR count). The zero-order chi connectivity index (χ0) is 23.0. The number of hydrogen-bond donors (Lipinski definition) is 2. The smallest absolute Gasteiger partial charge is 0.382 e. The SMILES string of the molecule is Cc1ccc(NC(=O)c2cc(C(F)(F)F)ccn2)cc1-c1cnc2c(Cl)c(N)ncc2c1. The van der Waals surface area contributed by atoms with E-state index in [1.807, 2.05) is 13.0 Å². The lowest BCUT2D eigenvalue weighted by molar-refractivity contribution is -0.137. The number of alkyl halides is 3. The fraction of sp³-hybridized carbons (Fsp3) is 0.0909. The Hall–Kier alpha value is -3.72. The molecule has 6 nitrogen and oxygen atoms in total. The molecule has 0 saturated carbocycles. The number of aryl methyl sites for hydroxylation is 1. The fourth-order valence-electron chi connectivity index (χ4n) is 3.16. The predicted molar refractivity (Wildman–Crippen MR) is 116 cm³/mol. The van der Waals surface area contributed by atoms with Crippen LogP contribution in [0.3, 0.4) is 0 Å². The minimum Gasteiger partial charge on any atom is -0.382 e. The summed E-state index contributed by atoms with van der Waals surface area (Å²) < 4.78 is 38.7. The first-order chi connectivity index (χ1) is 15.1. The molecule has 0 fully saturated rings. The molecular weight excluding hydrogens is 443 g/mol. The monoisotopic (exact) mass is 457 g/mol. The number of carbonyl (C=O) groups excluding carboxylic acids is 1. The van der Waals surface area contributed by atoms with Crippen molar-refractivity contribution in [3.63, 3.8) is 0 Å². The molecule has 32 heavy (non-hydrogen) atoms. The van der Waals surface area contributed by atoms with Crippen LogP contribution in [0.5, 0.6) is 0 Å². The average molecular weight is 458 g/mol. The van der Waals surface area contributed by atoms with Crippen molar-refractivity contribution in [2.24, 2.45) is 0 Å². The molecule has 3 aromatic heterocycles. The second-order valence-corrected chi connectivity index (χ2v) is 7.41. The second-order valence-electron chi connectivity index (χ2n) is 7.03. The first-order valence-electron chi connectivity index (χ1n) is 9.29. The minimum absolute atomic E-state index is 0.184. The normalized spacial score (nSPS) is 11.5. The predicted octanol–water partition coefficient (Wildman–Crippen LogP) is 5.51. The fourth-order valence-corrected chi connectivity index (χ4v) is 3.37. The molecule has 0 spiro atoms. The van der Waals surface area contributed by atoms with Crippen LogP contribution >= 0.6 is 11.6 Å². The average Bonchev–Trinajstić information content (AvgIpc) is 2.77. The van der Waals surface area contributed by atoms with E-state index in [4.69, 9.17) is 17.3 Å². The Balaban J connectivity index is 1.66. The standard InChI is InChI=1S/C22H15ClF3N5O/c1-11-2-3-15(31-21(32)17-7-14(4-5-28-17)22(24,25)26)8-16(11)12-6-13-10-30-20(27)18(23)19(13)29-9-12/h2-10H,1H3,(H2,27,30)(H,31,32). The van der Waals surface area contributed by atoms with Gasteiger partial charge in [0.25, 0.3) is 5.91 Å². The van der Waals surface area contributed by atoms with Gasteiger partial charge in [-0.3, -0.25) is 14.8 Å². The number of rotatable bonds is 3. The number of pyridine rings is 3. The molecule has 0 bridgehead atoms. The maximum atomic E-state index is 12.9. The van der Waals surface area contributed by atoms with Crippen molar-refractivity contribution in [3.8, 4) is 11.1 Å². The Morgan fingerprint density at radius 3 is 2.59 bits per heavy atom. The van der Waals surface area contributed by atoms with Crippen molar-refractivity contribution < 1.29 is 18.0 Å². The number of hydrogen-bond acceptors (Lipinski definition) is 5. The van der Waals surface area contributed by atoms with Crippen molar-refractivity contribution in [1.82, 2.24) is 15.0 Å². The van der Waals surface area contributed by atoms with E-state index in [0.29, 0.717) is 22.7 Å². The van der Waals surface area contributed by atoms with Crippen molar-refractivity contribution in [3.05, 3.63) is 76.8 Å². The third-order valence-corrected chi connectivity index (χ3v) is 5.19. The van der Waals surface area contributed by atoms with Crippen LogP contribution in [-0.4, -0.2) is 20.9 Å². The summed E-state index contributed by atoms with van der Waals surface area (Å²) in [6.07, 6.45) is -0.436. The van der Waals surface area contributed by atoms with Gasteiger partial charge in [0.1, 0.15) is 16.5 Å². The summed E-state index contributed by atoms with van der Waals surface area (Å²) in [5, 5.41) is 3.54. The lowest BCUT2D eigenvalue weighted by Crippen LogP contribution is -2.15. The highest BCUT2D eigenvalue weighted by molar-refractivity contribution is 6.37. The van der Waals surface area contributed by atoms with Crippen LogP contribution in [-0.2, 0) is 6.18 Å². The van der Waals surface area contributed by atoms with Crippen molar-refractivity contribution >= 4 is 39.9 Å². The molecule has 0 saturated heterocycles. The first-order valence-corrected chi connectivity index (χ1v) is 9.66. The number of amides is 1. The number of nitrogens with two attached hydrogens (primary N) is 1. The lowest BCUT2D eigenvalue weighted by atomic mass is 10.00. The van der Waals surface area contributed by atoms with Gasteiger partial charge in [-0.15, -0.1) is 0 Å². The summed E-state index contributed by atoms with van der Waals surface area (Å²) >= 11 is 6.16. The summed E-state index contributed by atoms with van der Waals surface area (Å²) in [6, 6.07) is 8.49. The van der Waals surface area contributed by atoms with Crippen LogP contribution in [0.2, 0.25) is 5.02 Å². The number of nitrogens with one attached hydrogen (secondary N) is 1. The number of aromatic nitrogens is 3. The number of nitrogens with zero attached hydrogens (tertiary/aromatic N) is 3. The van der Waals surface area contributed by atoms with Gasteiger partial charge in [-0.1, -0.05) is 17.7 Å². The number of anilines is 2. The van der Waals surface area contributed by atoms with Gasteiger partial charge >= 0.3 is 6.18 Å². The number of benzene rings is 1. The maximum absolute atomic E-state index is 12.9. The summed E-state index contributed by atoms with van der Waals surface area (Å²) in [5.41, 5.74) is 7.74. The Morgan fingerprint density at radius 1 is 1.06 bits per heavy atom. The number of nitrogen functional groups attached to an aromatic ring is 1. The van der Waals surface area contributed by atoms with Gasteiger partial charge < -0.3 is 11.1 Å². The van der Waals surface area contributed by atoms with Crippen molar-refractivity contribution in [2.45, 2.75) is 13.1 Å². The topological polar surface area (TPSA) is 93.8 Å². The highest BCUT2D eigenvalue weighted by Gasteiger charge is 2.31. The molecule has 10 heteroatoms. The van der Waals surface area contributed by atoms with E-state index in [2.05, 4.69) is 20.3 Å². The molecule has 1 amide bonds. The largest absolute Gasteiger partial charge is 0.416 e.